The molecule has 1 heterocycles. The molecule has 2 N–H and O–H groups in total. The van der Waals surface area contributed by atoms with Crippen LogP contribution < -0.4 is 10.6 Å². The molecule has 0 spiro atoms. The topological polar surface area (TPSA) is 29.3 Å². The fourth-order valence-corrected chi connectivity index (χ4v) is 2.20. The molecule has 1 aliphatic heterocycles. The van der Waals surface area contributed by atoms with E-state index < -0.39 is 0 Å². The second-order valence-corrected chi connectivity index (χ2v) is 4.63. The molecule has 0 aliphatic carbocycles. The van der Waals surface area contributed by atoms with Gasteiger partial charge in [-0.1, -0.05) is 29.3 Å². The van der Waals surface area contributed by atoms with Gasteiger partial charge in [0.25, 0.3) is 0 Å². The van der Waals surface area contributed by atoms with Gasteiger partial charge in [0.15, 0.2) is 0 Å². The van der Waals surface area contributed by atoms with E-state index in [1.807, 2.05) is 12.1 Å². The van der Waals surface area contributed by atoms with Gasteiger partial charge in [-0.3, -0.25) is 0 Å². The number of anilines is 1. The van der Waals surface area contributed by atoms with Crippen LogP contribution in [0.25, 0.3) is 0 Å². The van der Waals surface area contributed by atoms with Gasteiger partial charge in [-0.25, -0.2) is 0 Å². The second kappa shape index (κ2) is 4.89. The first-order chi connectivity index (χ1) is 7.70. The standard InChI is InChI=1S/C13H17ClN2/c1-10-2-3-12(14)8-13(10)16-6-4-11(9-15)5-7-16/h2-4,8H,5-7,9,15H2,1H3. The summed E-state index contributed by atoms with van der Waals surface area (Å²) in [5.74, 6) is 0. The molecule has 16 heavy (non-hydrogen) atoms. The van der Waals surface area contributed by atoms with Crippen molar-refractivity contribution in [2.45, 2.75) is 13.3 Å². The van der Waals surface area contributed by atoms with E-state index >= 15 is 0 Å². The zero-order valence-electron chi connectivity index (χ0n) is 9.54. The van der Waals surface area contributed by atoms with E-state index in [1.165, 1.54) is 16.8 Å². The number of halogens is 1. The van der Waals surface area contributed by atoms with Crippen LogP contribution in [0.15, 0.2) is 29.8 Å². The van der Waals surface area contributed by atoms with E-state index in [9.17, 15) is 0 Å². The summed E-state index contributed by atoms with van der Waals surface area (Å²) in [6.07, 6.45) is 3.28. The fraction of sp³-hybridized carbons (Fsp3) is 0.385. The summed E-state index contributed by atoms with van der Waals surface area (Å²) >= 11 is 6.03. The summed E-state index contributed by atoms with van der Waals surface area (Å²) in [7, 11) is 0. The maximum Gasteiger partial charge on any atom is 0.0426 e. The average Bonchev–Trinajstić information content (AvgIpc) is 2.32. The van der Waals surface area contributed by atoms with Gasteiger partial charge < -0.3 is 10.6 Å². The third-order valence-corrected chi connectivity index (χ3v) is 3.31. The Morgan fingerprint density at radius 1 is 1.44 bits per heavy atom. The van der Waals surface area contributed by atoms with Gasteiger partial charge in [0.1, 0.15) is 0 Å². The molecule has 0 unspecified atom stereocenters. The van der Waals surface area contributed by atoms with Crippen molar-refractivity contribution in [2.24, 2.45) is 5.73 Å². The van der Waals surface area contributed by atoms with Crippen LogP contribution in [0.2, 0.25) is 5.02 Å². The molecule has 2 rings (SSSR count). The van der Waals surface area contributed by atoms with E-state index in [0.29, 0.717) is 6.54 Å². The van der Waals surface area contributed by atoms with Crippen molar-refractivity contribution in [2.75, 3.05) is 24.5 Å². The Hall–Kier alpha value is -0.990. The minimum absolute atomic E-state index is 0.683. The average molecular weight is 237 g/mol. The highest BCUT2D eigenvalue weighted by Crippen LogP contribution is 2.26. The summed E-state index contributed by atoms with van der Waals surface area (Å²) < 4.78 is 0. The zero-order valence-corrected chi connectivity index (χ0v) is 10.3. The van der Waals surface area contributed by atoms with Crippen molar-refractivity contribution in [3.8, 4) is 0 Å². The van der Waals surface area contributed by atoms with Crippen LogP contribution in [0.5, 0.6) is 0 Å². The van der Waals surface area contributed by atoms with E-state index in [-0.39, 0.29) is 0 Å². The Bertz CT molecular complexity index is 412. The number of rotatable bonds is 2. The molecule has 3 heteroatoms. The number of aryl methyl sites for hydroxylation is 1. The molecule has 0 atom stereocenters. The zero-order chi connectivity index (χ0) is 11.5. The first-order valence-corrected chi connectivity index (χ1v) is 5.97. The highest BCUT2D eigenvalue weighted by Gasteiger charge is 2.13. The van der Waals surface area contributed by atoms with Gasteiger partial charge in [-0.05, 0) is 31.0 Å². The van der Waals surface area contributed by atoms with Gasteiger partial charge in [-0.2, -0.15) is 0 Å². The van der Waals surface area contributed by atoms with E-state index in [0.717, 1.165) is 24.5 Å². The van der Waals surface area contributed by atoms with Gasteiger partial charge in [0.2, 0.25) is 0 Å². The number of hydrogen-bond donors (Lipinski definition) is 1. The van der Waals surface area contributed by atoms with Crippen LogP contribution in [0, 0.1) is 6.92 Å². The molecule has 0 radical (unpaired) electrons. The number of hydrogen-bond acceptors (Lipinski definition) is 2. The summed E-state index contributed by atoms with van der Waals surface area (Å²) in [5, 5.41) is 0.800. The maximum atomic E-state index is 6.03. The van der Waals surface area contributed by atoms with Crippen LogP contribution in [0.3, 0.4) is 0 Å². The van der Waals surface area contributed by atoms with Gasteiger partial charge in [0, 0.05) is 30.3 Å². The first-order valence-electron chi connectivity index (χ1n) is 5.60. The lowest BCUT2D eigenvalue weighted by atomic mass is 10.1. The molecule has 1 aliphatic rings. The molecule has 1 aromatic carbocycles. The lowest BCUT2D eigenvalue weighted by molar-refractivity contribution is 0.770. The predicted octanol–water partition coefficient (Wildman–Crippen LogP) is 2.74. The Kier molecular flexibility index (Phi) is 3.52. The SMILES string of the molecule is Cc1ccc(Cl)cc1N1CC=C(CN)CC1. The normalized spacial score (nSPS) is 16.2. The van der Waals surface area contributed by atoms with Gasteiger partial charge >= 0.3 is 0 Å². The van der Waals surface area contributed by atoms with Gasteiger partial charge in [-0.15, -0.1) is 0 Å². The molecule has 1 aromatic rings. The van der Waals surface area contributed by atoms with E-state index in [1.54, 1.807) is 0 Å². The predicted molar refractivity (Wildman–Crippen MR) is 70.2 cm³/mol. The minimum atomic E-state index is 0.683. The van der Waals surface area contributed by atoms with Gasteiger partial charge in [0.05, 0.1) is 0 Å². The first kappa shape index (κ1) is 11.5. The third-order valence-electron chi connectivity index (χ3n) is 3.08. The second-order valence-electron chi connectivity index (χ2n) is 4.19. The molecular weight excluding hydrogens is 220 g/mol. The smallest absolute Gasteiger partial charge is 0.0426 e. The van der Waals surface area contributed by atoms with Crippen LogP contribution in [0.4, 0.5) is 5.69 Å². The van der Waals surface area contributed by atoms with E-state index in [4.69, 9.17) is 17.3 Å². The molecule has 0 aromatic heterocycles. The van der Waals surface area contributed by atoms with Crippen molar-refractivity contribution in [3.63, 3.8) is 0 Å². The molecule has 0 saturated heterocycles. The molecule has 0 fully saturated rings. The Morgan fingerprint density at radius 3 is 2.88 bits per heavy atom. The summed E-state index contributed by atoms with van der Waals surface area (Å²) in [6, 6.07) is 6.05. The largest absolute Gasteiger partial charge is 0.367 e. The molecule has 0 bridgehead atoms. The van der Waals surface area contributed by atoms with Crippen LogP contribution in [0.1, 0.15) is 12.0 Å². The highest BCUT2D eigenvalue weighted by molar-refractivity contribution is 6.30. The Labute approximate surface area is 102 Å². The molecule has 0 saturated carbocycles. The number of nitrogens with zero attached hydrogens (tertiary/aromatic N) is 1. The number of nitrogens with two attached hydrogens (primary N) is 1. The Morgan fingerprint density at radius 2 is 2.25 bits per heavy atom. The number of benzene rings is 1. The monoisotopic (exact) mass is 236 g/mol. The molecule has 0 amide bonds. The summed E-state index contributed by atoms with van der Waals surface area (Å²) in [6.45, 7) is 4.77. The Balaban J connectivity index is 2.20. The quantitative estimate of drug-likeness (QED) is 0.801. The van der Waals surface area contributed by atoms with Crippen molar-refractivity contribution in [1.82, 2.24) is 0 Å². The van der Waals surface area contributed by atoms with Crippen molar-refractivity contribution in [3.05, 3.63) is 40.4 Å². The summed E-state index contributed by atoms with van der Waals surface area (Å²) in [5.41, 5.74) is 9.50. The van der Waals surface area contributed by atoms with Crippen molar-refractivity contribution < 1.29 is 0 Å². The lowest BCUT2D eigenvalue weighted by Gasteiger charge is -2.29. The third kappa shape index (κ3) is 2.39. The maximum absolute atomic E-state index is 6.03. The summed E-state index contributed by atoms with van der Waals surface area (Å²) in [4.78, 5) is 2.35. The van der Waals surface area contributed by atoms with Crippen molar-refractivity contribution in [1.29, 1.82) is 0 Å². The molecule has 2 nitrogen and oxygen atoms in total. The highest BCUT2D eigenvalue weighted by atomic mass is 35.5. The van der Waals surface area contributed by atoms with Crippen molar-refractivity contribution >= 4 is 17.3 Å². The minimum Gasteiger partial charge on any atom is -0.367 e. The fourth-order valence-electron chi connectivity index (χ4n) is 2.04. The van der Waals surface area contributed by atoms with Crippen LogP contribution >= 0.6 is 11.6 Å². The molecule has 86 valence electrons. The van der Waals surface area contributed by atoms with E-state index in [2.05, 4.69) is 24.0 Å². The van der Waals surface area contributed by atoms with Crippen LogP contribution in [-0.4, -0.2) is 19.6 Å². The lowest BCUT2D eigenvalue weighted by Crippen LogP contribution is -2.30. The molecular formula is C13H17ClN2. The van der Waals surface area contributed by atoms with Crippen LogP contribution in [-0.2, 0) is 0 Å².